The highest BCUT2D eigenvalue weighted by Gasteiger charge is 2.08. The molecule has 50 valence electrons. The largest absolute Gasteiger partial charge is 0.0661 e. The maximum Gasteiger partial charge on any atom is 0.0169 e. The maximum absolute atomic E-state index is 2.38. The van der Waals surface area contributed by atoms with Crippen LogP contribution in [0.1, 0.15) is 11.1 Å². The zero-order valence-corrected chi connectivity index (χ0v) is 7.63. The molecule has 0 aliphatic heterocycles. The number of allylic oxidation sites excluding steroid dienone is 1. The summed E-state index contributed by atoms with van der Waals surface area (Å²) in [6.07, 6.45) is 3.39. The van der Waals surface area contributed by atoms with Gasteiger partial charge in [0.1, 0.15) is 0 Å². The number of fused-ring (bicyclic) bond motifs is 1. The molecule has 1 heteroatoms. The Kier molecular flexibility index (Phi) is 1.52. The average Bonchev–Trinajstić information content (AvgIpc) is 2.34. The van der Waals surface area contributed by atoms with Gasteiger partial charge in [0, 0.05) is 3.58 Å². The monoisotopic (exact) mass is 242 g/mol. The number of benzene rings is 1. The van der Waals surface area contributed by atoms with E-state index < -0.39 is 0 Å². The normalized spacial score (nSPS) is 14.7. The summed E-state index contributed by atoms with van der Waals surface area (Å²) in [6, 6.07) is 8.57. The summed E-state index contributed by atoms with van der Waals surface area (Å²) in [4.78, 5) is 0. The van der Waals surface area contributed by atoms with Crippen LogP contribution in [0.4, 0.5) is 0 Å². The molecule has 0 bridgehead atoms. The van der Waals surface area contributed by atoms with E-state index in [1.165, 1.54) is 14.7 Å². The molecule has 1 aromatic rings. The summed E-state index contributed by atoms with van der Waals surface area (Å²) in [6.45, 7) is 0. The summed E-state index contributed by atoms with van der Waals surface area (Å²) in [7, 11) is 0. The predicted molar refractivity (Wildman–Crippen MR) is 52.1 cm³/mol. The standard InChI is InChI=1S/C9H7I/c10-9-6-5-7-3-1-2-4-8(7)9/h1-4,6H,5H2. The van der Waals surface area contributed by atoms with Crippen molar-refractivity contribution in [3.8, 4) is 0 Å². The summed E-state index contributed by atoms with van der Waals surface area (Å²) >= 11 is 2.38. The molecule has 0 unspecified atom stereocenters. The molecule has 0 nitrogen and oxygen atoms in total. The molecule has 0 aromatic heterocycles. The molecular weight excluding hydrogens is 235 g/mol. The number of hydrogen-bond acceptors (Lipinski definition) is 0. The van der Waals surface area contributed by atoms with E-state index in [1.807, 2.05) is 0 Å². The van der Waals surface area contributed by atoms with Crippen molar-refractivity contribution in [2.24, 2.45) is 0 Å². The van der Waals surface area contributed by atoms with Crippen molar-refractivity contribution < 1.29 is 0 Å². The zero-order chi connectivity index (χ0) is 6.97. The first-order valence-electron chi connectivity index (χ1n) is 3.32. The van der Waals surface area contributed by atoms with Gasteiger partial charge >= 0.3 is 0 Å². The highest BCUT2D eigenvalue weighted by Crippen LogP contribution is 2.31. The van der Waals surface area contributed by atoms with E-state index >= 15 is 0 Å². The van der Waals surface area contributed by atoms with Gasteiger partial charge in [-0.15, -0.1) is 0 Å². The molecule has 0 saturated carbocycles. The van der Waals surface area contributed by atoms with Crippen LogP contribution < -0.4 is 0 Å². The van der Waals surface area contributed by atoms with E-state index in [9.17, 15) is 0 Å². The fourth-order valence-electron chi connectivity index (χ4n) is 1.24. The zero-order valence-electron chi connectivity index (χ0n) is 5.47. The third-order valence-corrected chi connectivity index (χ3v) is 2.80. The molecule has 1 aliphatic rings. The molecule has 0 saturated heterocycles. The molecule has 1 aromatic carbocycles. The first kappa shape index (κ1) is 6.40. The first-order valence-corrected chi connectivity index (χ1v) is 4.40. The van der Waals surface area contributed by atoms with E-state index in [2.05, 4.69) is 52.9 Å². The molecule has 0 atom stereocenters. The van der Waals surface area contributed by atoms with Gasteiger partial charge in [0.05, 0.1) is 0 Å². The van der Waals surface area contributed by atoms with Crippen molar-refractivity contribution in [1.82, 2.24) is 0 Å². The van der Waals surface area contributed by atoms with Crippen LogP contribution in [0.2, 0.25) is 0 Å². The Morgan fingerprint density at radius 3 is 2.80 bits per heavy atom. The smallest absolute Gasteiger partial charge is 0.0169 e. The van der Waals surface area contributed by atoms with Crippen LogP contribution in [0.5, 0.6) is 0 Å². The molecular formula is C9H7I. The van der Waals surface area contributed by atoms with Crippen molar-refractivity contribution >= 4 is 26.2 Å². The molecule has 1 aliphatic carbocycles. The van der Waals surface area contributed by atoms with Gasteiger partial charge < -0.3 is 0 Å². The van der Waals surface area contributed by atoms with Crippen LogP contribution in [-0.2, 0) is 6.42 Å². The number of halogens is 1. The van der Waals surface area contributed by atoms with Crippen molar-refractivity contribution in [2.75, 3.05) is 0 Å². The fraction of sp³-hybridized carbons (Fsp3) is 0.111. The Bertz CT molecular complexity index is 287. The average molecular weight is 242 g/mol. The van der Waals surface area contributed by atoms with Crippen molar-refractivity contribution in [3.05, 3.63) is 41.5 Å². The minimum atomic E-state index is 1.12. The van der Waals surface area contributed by atoms with Gasteiger partial charge in [0.25, 0.3) is 0 Å². The van der Waals surface area contributed by atoms with Crippen molar-refractivity contribution in [1.29, 1.82) is 0 Å². The third kappa shape index (κ3) is 0.888. The molecule has 2 rings (SSSR count). The molecule has 0 amide bonds. The number of rotatable bonds is 0. The van der Waals surface area contributed by atoms with Gasteiger partial charge in [-0.3, -0.25) is 0 Å². The van der Waals surface area contributed by atoms with Crippen LogP contribution >= 0.6 is 22.6 Å². The highest BCUT2D eigenvalue weighted by molar-refractivity contribution is 14.1. The minimum Gasteiger partial charge on any atom is -0.0661 e. The highest BCUT2D eigenvalue weighted by atomic mass is 127. The summed E-state index contributed by atoms with van der Waals surface area (Å²) in [5.74, 6) is 0. The topological polar surface area (TPSA) is 0 Å². The van der Waals surface area contributed by atoms with E-state index in [0.717, 1.165) is 6.42 Å². The van der Waals surface area contributed by atoms with E-state index in [-0.39, 0.29) is 0 Å². The SMILES string of the molecule is IC1=CCc2ccccc21. The molecule has 0 N–H and O–H groups in total. The predicted octanol–water partition coefficient (Wildman–Crippen LogP) is 3.02. The second-order valence-corrected chi connectivity index (χ2v) is 3.58. The number of hydrogen-bond donors (Lipinski definition) is 0. The first-order chi connectivity index (χ1) is 4.88. The third-order valence-electron chi connectivity index (χ3n) is 1.78. The molecule has 0 radical (unpaired) electrons. The lowest BCUT2D eigenvalue weighted by Gasteiger charge is -1.96. The molecule has 0 fully saturated rings. The van der Waals surface area contributed by atoms with Crippen LogP contribution in [0.25, 0.3) is 3.58 Å². The lowest BCUT2D eigenvalue weighted by Crippen LogP contribution is -1.78. The van der Waals surface area contributed by atoms with Gasteiger partial charge in [0.15, 0.2) is 0 Å². The van der Waals surface area contributed by atoms with Gasteiger partial charge in [-0.05, 0) is 40.1 Å². The lowest BCUT2D eigenvalue weighted by molar-refractivity contribution is 1.31. The van der Waals surface area contributed by atoms with Crippen molar-refractivity contribution in [3.63, 3.8) is 0 Å². The molecule has 0 heterocycles. The van der Waals surface area contributed by atoms with Crippen molar-refractivity contribution in [2.45, 2.75) is 6.42 Å². The lowest BCUT2D eigenvalue weighted by atomic mass is 10.1. The Morgan fingerprint density at radius 1 is 1.20 bits per heavy atom. The molecule has 10 heavy (non-hydrogen) atoms. The van der Waals surface area contributed by atoms with Gasteiger partial charge in [-0.2, -0.15) is 0 Å². The Labute approximate surface area is 74.1 Å². The van der Waals surface area contributed by atoms with Gasteiger partial charge in [-0.1, -0.05) is 30.3 Å². The van der Waals surface area contributed by atoms with Gasteiger partial charge in [0.2, 0.25) is 0 Å². The van der Waals surface area contributed by atoms with E-state index in [1.54, 1.807) is 0 Å². The summed E-state index contributed by atoms with van der Waals surface area (Å²) in [5, 5.41) is 0. The summed E-state index contributed by atoms with van der Waals surface area (Å²) < 4.78 is 1.40. The summed E-state index contributed by atoms with van der Waals surface area (Å²) in [5.41, 5.74) is 2.88. The Morgan fingerprint density at radius 2 is 2.00 bits per heavy atom. The fourth-order valence-corrected chi connectivity index (χ4v) is 1.99. The molecule has 0 spiro atoms. The maximum atomic E-state index is 2.38. The quantitative estimate of drug-likeness (QED) is 0.613. The minimum absolute atomic E-state index is 1.12. The second-order valence-electron chi connectivity index (χ2n) is 2.41. The van der Waals surface area contributed by atoms with Crippen LogP contribution in [-0.4, -0.2) is 0 Å². The van der Waals surface area contributed by atoms with Crippen LogP contribution in [0.15, 0.2) is 30.3 Å². The second kappa shape index (κ2) is 2.38. The van der Waals surface area contributed by atoms with Crippen LogP contribution in [0.3, 0.4) is 0 Å². The Hall–Kier alpha value is -0.310. The van der Waals surface area contributed by atoms with Crippen LogP contribution in [0, 0.1) is 0 Å². The Balaban J connectivity index is 2.61. The van der Waals surface area contributed by atoms with E-state index in [0.29, 0.717) is 0 Å². The van der Waals surface area contributed by atoms with Gasteiger partial charge in [-0.25, -0.2) is 0 Å². The van der Waals surface area contributed by atoms with E-state index in [4.69, 9.17) is 0 Å².